The first kappa shape index (κ1) is 25.9. The molecule has 0 amide bonds. The highest BCUT2D eigenvalue weighted by atomic mass is 127. The lowest BCUT2D eigenvalue weighted by atomic mass is 10.2. The molecule has 1 rings (SSSR count). The van der Waals surface area contributed by atoms with Gasteiger partial charge in [-0.1, -0.05) is 6.07 Å². The van der Waals surface area contributed by atoms with Crippen molar-refractivity contribution in [2.24, 2.45) is 4.99 Å². The van der Waals surface area contributed by atoms with Gasteiger partial charge in [0, 0.05) is 39.9 Å². The van der Waals surface area contributed by atoms with E-state index in [-0.39, 0.29) is 35.5 Å². The Kier molecular flexibility index (Phi) is 15.2. The van der Waals surface area contributed by atoms with E-state index in [1.165, 1.54) is 6.07 Å². The smallest absolute Gasteiger partial charge is 0.191 e. The average Bonchev–Trinajstić information content (AvgIpc) is 2.62. The Labute approximate surface area is 179 Å². The number of aliphatic imine (C=N–C) groups is 1. The van der Waals surface area contributed by atoms with Crippen molar-refractivity contribution in [2.45, 2.75) is 26.8 Å². The van der Waals surface area contributed by atoms with Crippen molar-refractivity contribution in [3.63, 3.8) is 0 Å². The molecule has 27 heavy (non-hydrogen) atoms. The Balaban J connectivity index is 0.00000676. The predicted octanol–water partition coefficient (Wildman–Crippen LogP) is 2.87. The third-order valence-corrected chi connectivity index (χ3v) is 3.73. The van der Waals surface area contributed by atoms with Crippen LogP contribution < -0.4 is 15.4 Å². The van der Waals surface area contributed by atoms with Crippen molar-refractivity contribution in [1.29, 1.82) is 0 Å². The minimum atomic E-state index is -0.352. The van der Waals surface area contributed by atoms with Gasteiger partial charge in [0.2, 0.25) is 0 Å². The molecule has 0 bridgehead atoms. The summed E-state index contributed by atoms with van der Waals surface area (Å²) in [5.41, 5.74) is 0.805. The van der Waals surface area contributed by atoms with Crippen molar-refractivity contribution in [3.05, 3.63) is 29.6 Å². The summed E-state index contributed by atoms with van der Waals surface area (Å²) in [6.45, 7) is 8.94. The number of rotatable bonds is 12. The van der Waals surface area contributed by atoms with Gasteiger partial charge in [-0.3, -0.25) is 0 Å². The number of hydrogen-bond acceptors (Lipinski definition) is 4. The number of methoxy groups -OCH3 is 1. The number of ether oxygens (including phenoxy) is 2. The quantitative estimate of drug-likeness (QED) is 0.202. The van der Waals surface area contributed by atoms with Crippen molar-refractivity contribution in [1.82, 2.24) is 15.5 Å². The summed E-state index contributed by atoms with van der Waals surface area (Å²) >= 11 is 0. The van der Waals surface area contributed by atoms with Gasteiger partial charge in [-0.2, -0.15) is 0 Å². The Morgan fingerprint density at radius 1 is 1.22 bits per heavy atom. The van der Waals surface area contributed by atoms with Crippen LogP contribution in [0, 0.1) is 5.82 Å². The minimum Gasteiger partial charge on any atom is -0.491 e. The number of hydrogen-bond donors (Lipinski definition) is 2. The molecule has 0 atom stereocenters. The number of guanidine groups is 1. The maximum atomic E-state index is 13.9. The molecule has 0 heterocycles. The standard InChI is InChI=1S/C19H33FN4O2.HI/c1-5-21-19(22-10-12-24(3)11-7-13-25-4)23-15-16-8-9-18(26-6-2)17(20)14-16;/h8-9,14H,5-7,10-13,15H2,1-4H3,(H2,21,22,23);1H. The van der Waals surface area contributed by atoms with Crippen molar-refractivity contribution in [2.75, 3.05) is 53.6 Å². The molecule has 2 N–H and O–H groups in total. The lowest BCUT2D eigenvalue weighted by Gasteiger charge is -2.18. The second-order valence-electron chi connectivity index (χ2n) is 5.97. The summed E-state index contributed by atoms with van der Waals surface area (Å²) in [5.74, 6) is 0.657. The van der Waals surface area contributed by atoms with Crippen LogP contribution in [0.3, 0.4) is 0 Å². The predicted molar refractivity (Wildman–Crippen MR) is 120 cm³/mol. The number of benzene rings is 1. The fourth-order valence-corrected chi connectivity index (χ4v) is 2.38. The van der Waals surface area contributed by atoms with E-state index < -0.39 is 0 Å². The second kappa shape index (κ2) is 15.9. The zero-order valence-electron chi connectivity index (χ0n) is 16.9. The molecule has 156 valence electrons. The Bertz CT molecular complexity index is 546. The normalized spacial score (nSPS) is 11.3. The van der Waals surface area contributed by atoms with Crippen molar-refractivity contribution in [3.8, 4) is 5.75 Å². The molecule has 1 aromatic rings. The van der Waals surface area contributed by atoms with Gasteiger partial charge in [0.1, 0.15) is 0 Å². The fourth-order valence-electron chi connectivity index (χ4n) is 2.38. The summed E-state index contributed by atoms with van der Waals surface area (Å²) in [6, 6.07) is 4.96. The number of nitrogens with zero attached hydrogens (tertiary/aromatic N) is 2. The zero-order chi connectivity index (χ0) is 19.2. The van der Waals surface area contributed by atoms with E-state index in [4.69, 9.17) is 9.47 Å². The number of likely N-dealkylation sites (N-methyl/N-ethyl adjacent to an activating group) is 1. The van der Waals surface area contributed by atoms with Gasteiger partial charge in [-0.15, -0.1) is 24.0 Å². The van der Waals surface area contributed by atoms with E-state index in [0.29, 0.717) is 13.2 Å². The Morgan fingerprint density at radius 3 is 2.63 bits per heavy atom. The molecule has 0 radical (unpaired) electrons. The van der Waals surface area contributed by atoms with Gasteiger partial charge in [-0.05, 0) is 45.0 Å². The zero-order valence-corrected chi connectivity index (χ0v) is 19.2. The number of halogens is 2. The van der Waals surface area contributed by atoms with Gasteiger partial charge in [0.25, 0.3) is 0 Å². The molecule has 0 unspecified atom stereocenters. The topological polar surface area (TPSA) is 58.1 Å². The highest BCUT2D eigenvalue weighted by Crippen LogP contribution is 2.18. The second-order valence-corrected chi connectivity index (χ2v) is 5.97. The molecule has 0 saturated heterocycles. The third kappa shape index (κ3) is 11.3. The van der Waals surface area contributed by atoms with Crippen molar-refractivity contribution >= 4 is 29.9 Å². The monoisotopic (exact) mass is 496 g/mol. The van der Waals surface area contributed by atoms with E-state index in [2.05, 4.69) is 27.6 Å². The van der Waals surface area contributed by atoms with Crippen LogP contribution in [0.5, 0.6) is 5.75 Å². The largest absolute Gasteiger partial charge is 0.491 e. The van der Waals surface area contributed by atoms with Gasteiger partial charge in [-0.25, -0.2) is 9.38 Å². The van der Waals surface area contributed by atoms with Gasteiger partial charge in [0.15, 0.2) is 17.5 Å². The van der Waals surface area contributed by atoms with Crippen LogP contribution in [0.4, 0.5) is 4.39 Å². The first-order valence-corrected chi connectivity index (χ1v) is 9.21. The average molecular weight is 496 g/mol. The number of nitrogens with one attached hydrogen (secondary N) is 2. The van der Waals surface area contributed by atoms with E-state index in [1.807, 2.05) is 19.9 Å². The summed E-state index contributed by atoms with van der Waals surface area (Å²) in [7, 11) is 3.81. The lowest BCUT2D eigenvalue weighted by Crippen LogP contribution is -2.41. The van der Waals surface area contributed by atoms with Gasteiger partial charge in [0.05, 0.1) is 13.2 Å². The minimum absolute atomic E-state index is 0. The lowest BCUT2D eigenvalue weighted by molar-refractivity contribution is 0.180. The van der Waals surface area contributed by atoms with Crippen LogP contribution in [0.15, 0.2) is 23.2 Å². The molecule has 0 aliphatic rings. The summed E-state index contributed by atoms with van der Waals surface area (Å²) in [4.78, 5) is 6.77. The SMILES string of the molecule is CCNC(=NCc1ccc(OCC)c(F)c1)NCCN(C)CCCOC.I. The van der Waals surface area contributed by atoms with Crippen LogP contribution in [0.1, 0.15) is 25.8 Å². The van der Waals surface area contributed by atoms with Gasteiger partial charge < -0.3 is 25.0 Å². The fraction of sp³-hybridized carbons (Fsp3) is 0.632. The molecule has 0 spiro atoms. The highest BCUT2D eigenvalue weighted by molar-refractivity contribution is 14.0. The van der Waals surface area contributed by atoms with E-state index in [0.717, 1.165) is 50.7 Å². The molecule has 0 aromatic heterocycles. The van der Waals surface area contributed by atoms with E-state index in [1.54, 1.807) is 13.2 Å². The van der Waals surface area contributed by atoms with E-state index >= 15 is 0 Å². The molecular weight excluding hydrogens is 462 g/mol. The molecule has 0 fully saturated rings. The van der Waals surface area contributed by atoms with Crippen LogP contribution in [-0.4, -0.2) is 64.4 Å². The highest BCUT2D eigenvalue weighted by Gasteiger charge is 2.05. The molecule has 1 aromatic carbocycles. The van der Waals surface area contributed by atoms with Crippen LogP contribution in [0.2, 0.25) is 0 Å². The molecule has 0 saturated carbocycles. The van der Waals surface area contributed by atoms with Crippen LogP contribution >= 0.6 is 24.0 Å². The van der Waals surface area contributed by atoms with E-state index in [9.17, 15) is 4.39 Å². The van der Waals surface area contributed by atoms with Crippen LogP contribution in [-0.2, 0) is 11.3 Å². The van der Waals surface area contributed by atoms with Gasteiger partial charge >= 0.3 is 0 Å². The Hall–Kier alpha value is -1.13. The van der Waals surface area contributed by atoms with Crippen molar-refractivity contribution < 1.29 is 13.9 Å². The first-order chi connectivity index (χ1) is 12.6. The molecule has 0 aliphatic heterocycles. The molecule has 8 heteroatoms. The maximum Gasteiger partial charge on any atom is 0.191 e. The Morgan fingerprint density at radius 2 is 2.00 bits per heavy atom. The summed E-state index contributed by atoms with van der Waals surface area (Å²) < 4.78 is 24.2. The van der Waals surface area contributed by atoms with Crippen LogP contribution in [0.25, 0.3) is 0 Å². The molecule has 6 nitrogen and oxygen atoms in total. The maximum absolute atomic E-state index is 13.9. The molecule has 0 aliphatic carbocycles. The summed E-state index contributed by atoms with van der Waals surface area (Å²) in [5, 5.41) is 6.51. The molecular formula is C19H34FIN4O2. The first-order valence-electron chi connectivity index (χ1n) is 9.21. The third-order valence-electron chi connectivity index (χ3n) is 3.73. The summed E-state index contributed by atoms with van der Waals surface area (Å²) in [6.07, 6.45) is 1.02.